The average Bonchev–Trinajstić information content (AvgIpc) is 1.60. The molecule has 0 aliphatic rings. The van der Waals surface area contributed by atoms with Crippen LogP contribution in [-0.2, 0) is 35.2 Å². The van der Waals surface area contributed by atoms with Crippen molar-refractivity contribution in [3.63, 3.8) is 0 Å². The van der Waals surface area contributed by atoms with Gasteiger partial charge in [-0.25, -0.2) is 23.4 Å². The molecular weight excluding hydrogens is 1600 g/mol. The number of hydrogen-bond donors (Lipinski definition) is 0. The molecule has 120 heavy (non-hydrogen) atoms. The van der Waals surface area contributed by atoms with Gasteiger partial charge in [0.2, 0.25) is 0 Å². The van der Waals surface area contributed by atoms with Crippen molar-refractivity contribution in [1.29, 1.82) is 0 Å². The molecule has 0 aliphatic carbocycles. The van der Waals surface area contributed by atoms with Crippen LogP contribution in [-0.4, -0.2) is 99.9 Å². The zero-order chi connectivity index (χ0) is 83.4. The summed E-state index contributed by atoms with van der Waals surface area (Å²) in [5.41, 5.74) is 26.6. The van der Waals surface area contributed by atoms with Crippen LogP contribution in [0.2, 0.25) is 25.1 Å². The summed E-state index contributed by atoms with van der Waals surface area (Å²) in [5, 5.41) is 73.6. The minimum atomic E-state index is 0.579. The monoisotopic (exact) mass is 1670 g/mol. The maximum atomic E-state index is 6.74. The van der Waals surface area contributed by atoms with Gasteiger partial charge in [-0.05, 0) is 51.8 Å². The van der Waals surface area contributed by atoms with Gasteiger partial charge in [-0.15, -0.1) is 51.0 Å². The molecular formula is C95H75Cl5N20. The number of nitrogens with zero attached hydrogens (tertiary/aromatic N) is 20. The van der Waals surface area contributed by atoms with Crippen molar-refractivity contribution in [2.75, 3.05) is 0 Å². The van der Waals surface area contributed by atoms with E-state index in [1.165, 1.54) is 16.7 Å². The maximum absolute atomic E-state index is 6.74. The average molecular weight is 1670 g/mol. The fourth-order valence-corrected chi connectivity index (χ4v) is 15.8. The molecule has 10 heterocycles. The van der Waals surface area contributed by atoms with E-state index in [4.69, 9.17) is 58.0 Å². The first-order valence-corrected chi connectivity index (χ1v) is 40.2. The Morgan fingerprint density at radius 3 is 0.667 bits per heavy atom. The molecule has 0 amide bonds. The van der Waals surface area contributed by atoms with Gasteiger partial charge in [0.1, 0.15) is 56.9 Å². The second-order valence-electron chi connectivity index (χ2n) is 28.7. The third-order valence-electron chi connectivity index (χ3n) is 20.4. The highest BCUT2D eigenvalue weighted by atomic mass is 35.5. The third-order valence-corrected chi connectivity index (χ3v) is 22.3. The molecule has 0 aliphatic heterocycles. The van der Waals surface area contributed by atoms with E-state index in [0.717, 1.165) is 122 Å². The van der Waals surface area contributed by atoms with E-state index in [2.05, 4.69) is 196 Å². The van der Waals surface area contributed by atoms with Crippen molar-refractivity contribution in [3.8, 4) is 113 Å². The molecule has 0 radical (unpaired) electrons. The normalized spacial score (nSPS) is 11.1. The van der Waals surface area contributed by atoms with E-state index >= 15 is 0 Å². The number of fused-ring (bicyclic) bond motifs is 5. The molecule has 0 spiro atoms. The van der Waals surface area contributed by atoms with Crippen molar-refractivity contribution < 1.29 is 0 Å². The summed E-state index contributed by atoms with van der Waals surface area (Å²) >= 11 is 33.7. The summed E-state index contributed by atoms with van der Waals surface area (Å²) in [6.45, 7) is 10.3. The summed E-state index contributed by atoms with van der Waals surface area (Å²) in [6.07, 6.45) is 0. The highest BCUT2D eigenvalue weighted by molar-refractivity contribution is 6.41. The van der Waals surface area contributed by atoms with Gasteiger partial charge >= 0.3 is 0 Å². The Labute approximate surface area is 716 Å². The van der Waals surface area contributed by atoms with E-state index in [1.807, 2.05) is 223 Å². The number of hydrogen-bond acceptors (Lipinski definition) is 15. The summed E-state index contributed by atoms with van der Waals surface area (Å²) in [7, 11) is 9.28. The maximum Gasteiger partial charge on any atom is 0.182 e. The lowest BCUT2D eigenvalue weighted by molar-refractivity contribution is 0.781. The molecule has 0 saturated carbocycles. The van der Waals surface area contributed by atoms with Crippen LogP contribution in [0.5, 0.6) is 0 Å². The van der Waals surface area contributed by atoms with E-state index < -0.39 is 0 Å². The molecule has 0 unspecified atom stereocenters. The van der Waals surface area contributed by atoms with E-state index in [9.17, 15) is 0 Å². The first kappa shape index (κ1) is 80.2. The molecule has 10 aromatic heterocycles. The highest BCUT2D eigenvalue weighted by Crippen LogP contribution is 2.44. The molecule has 25 heteroatoms. The van der Waals surface area contributed by atoms with Crippen LogP contribution in [0, 0.1) is 34.6 Å². The van der Waals surface area contributed by atoms with Crippen LogP contribution >= 0.6 is 58.0 Å². The number of aromatic nitrogens is 20. The molecule has 20 nitrogen and oxygen atoms in total. The number of rotatable bonds is 10. The molecule has 0 fully saturated rings. The van der Waals surface area contributed by atoms with Crippen molar-refractivity contribution in [2.45, 2.75) is 34.6 Å². The van der Waals surface area contributed by atoms with Gasteiger partial charge in [0.25, 0.3) is 0 Å². The highest BCUT2D eigenvalue weighted by Gasteiger charge is 2.26. The summed E-state index contributed by atoms with van der Waals surface area (Å²) < 4.78 is 8.62. The SMILES string of the molecule is Cc1ccc(-c2nn(C)c3nnc(-c4ccccc4)c(Cl)c23)cc1.Cc1ccc(-c2nn(C)c3nnc(-c4ccccc4)c(Cl)c23)cc1.Cc1cccc(-c2nn(C)c3nnc(-c4ccccc4)c(Cl)c23)c1.Cc1ccccc1-c1nn(C)c2nnc(-c3ccccc3)c(Cl)c12.Cc1ccccc1-c1nn(C)c2nnc(-c3ccccc3)c(Cl)c12. The van der Waals surface area contributed by atoms with Gasteiger partial charge < -0.3 is 0 Å². The second-order valence-corrected chi connectivity index (χ2v) is 30.6. The number of benzene rings is 10. The van der Waals surface area contributed by atoms with Gasteiger partial charge in [-0.1, -0.05) is 342 Å². The van der Waals surface area contributed by atoms with Crippen molar-refractivity contribution in [1.82, 2.24) is 99.9 Å². The summed E-state index contributed by atoms with van der Waals surface area (Å²) in [6, 6.07) is 90.1. The smallest absolute Gasteiger partial charge is 0.182 e. The van der Waals surface area contributed by atoms with Gasteiger partial charge in [-0.2, -0.15) is 25.5 Å². The lowest BCUT2D eigenvalue weighted by Gasteiger charge is -2.06. The Bertz CT molecular complexity index is 6800. The van der Waals surface area contributed by atoms with Crippen LogP contribution in [0.3, 0.4) is 0 Å². The minimum absolute atomic E-state index is 0.579. The first-order valence-electron chi connectivity index (χ1n) is 38.3. The second kappa shape index (κ2) is 34.9. The predicted octanol–water partition coefficient (Wildman–Crippen LogP) is 23.3. The van der Waals surface area contributed by atoms with Crippen molar-refractivity contribution in [3.05, 3.63) is 326 Å². The zero-order valence-corrected chi connectivity index (χ0v) is 70.6. The van der Waals surface area contributed by atoms with Crippen LogP contribution < -0.4 is 0 Å². The van der Waals surface area contributed by atoms with Crippen molar-refractivity contribution in [2.24, 2.45) is 35.2 Å². The fourth-order valence-electron chi connectivity index (χ4n) is 14.2. The number of aryl methyl sites for hydroxylation is 10. The van der Waals surface area contributed by atoms with E-state index in [-0.39, 0.29) is 0 Å². The Morgan fingerprint density at radius 1 is 0.192 bits per heavy atom. The lowest BCUT2D eigenvalue weighted by Crippen LogP contribution is -1.95. The number of halogens is 5. The van der Waals surface area contributed by atoms with Gasteiger partial charge in [0, 0.05) is 90.9 Å². The quantitative estimate of drug-likeness (QED) is 0.124. The Balaban J connectivity index is 0.000000112. The molecule has 20 rings (SSSR count). The van der Waals surface area contributed by atoms with E-state index in [0.29, 0.717) is 81.8 Å². The molecule has 0 bridgehead atoms. The molecule has 0 atom stereocenters. The minimum Gasteiger partial charge on any atom is -0.248 e. The van der Waals surface area contributed by atoms with Crippen molar-refractivity contribution >= 4 is 113 Å². The standard InChI is InChI=1S/5C19H15ClN4/c2*1-12-8-6-7-11-14(12)18-15-16(20)17(13-9-4-3-5-10-13)21-22-19(15)24(2)23-18;1-12-7-6-10-14(11-12)17-15-16(20)18(13-8-4-3-5-9-13)21-22-19(15)24(2)23-17;2*1-12-8-10-14(11-9-12)17-15-16(20)18(13-6-4-3-5-7-13)21-22-19(15)24(2)23-17/h5*3-11H,1-2H3. The summed E-state index contributed by atoms with van der Waals surface area (Å²) in [4.78, 5) is 0. The predicted molar refractivity (Wildman–Crippen MR) is 485 cm³/mol. The Hall–Kier alpha value is -13.6. The van der Waals surface area contributed by atoms with Crippen LogP contribution in [0.15, 0.2) is 273 Å². The van der Waals surface area contributed by atoms with Gasteiger partial charge in [-0.3, -0.25) is 0 Å². The van der Waals surface area contributed by atoms with Crippen LogP contribution in [0.25, 0.3) is 168 Å². The zero-order valence-electron chi connectivity index (χ0n) is 66.8. The molecule has 0 saturated heterocycles. The fraction of sp³-hybridized carbons (Fsp3) is 0.105. The summed E-state index contributed by atoms with van der Waals surface area (Å²) in [5.74, 6) is 0. The van der Waals surface area contributed by atoms with Gasteiger partial charge in [0.05, 0.1) is 52.0 Å². The Kier molecular flexibility index (Phi) is 23.3. The van der Waals surface area contributed by atoms with Crippen LogP contribution in [0.4, 0.5) is 0 Å². The topological polar surface area (TPSA) is 218 Å². The molecule has 0 N–H and O–H groups in total. The molecule has 20 aromatic rings. The molecule has 10 aromatic carbocycles. The lowest BCUT2D eigenvalue weighted by atomic mass is 10.0. The Morgan fingerprint density at radius 2 is 0.408 bits per heavy atom. The van der Waals surface area contributed by atoms with E-state index in [1.54, 1.807) is 23.4 Å². The third kappa shape index (κ3) is 16.1. The van der Waals surface area contributed by atoms with Crippen LogP contribution in [0.1, 0.15) is 27.8 Å². The first-order chi connectivity index (χ1) is 58.3. The van der Waals surface area contributed by atoms with Gasteiger partial charge in [0.15, 0.2) is 28.2 Å². The largest absolute Gasteiger partial charge is 0.248 e. The molecule has 590 valence electrons.